The third-order valence-corrected chi connectivity index (χ3v) is 6.63. The Morgan fingerprint density at radius 3 is 2.06 bits per heavy atom. The predicted octanol–water partition coefficient (Wildman–Crippen LogP) is 6.56. The average Bonchev–Trinajstić information content (AvgIpc) is 3.18. The summed E-state index contributed by atoms with van der Waals surface area (Å²) in [5, 5.41) is 5.82. The van der Waals surface area contributed by atoms with Gasteiger partial charge in [-0.15, -0.1) is 0 Å². The van der Waals surface area contributed by atoms with Crippen LogP contribution < -0.4 is 10.6 Å². The Labute approximate surface area is 204 Å². The van der Waals surface area contributed by atoms with Gasteiger partial charge >= 0.3 is 6.09 Å². The van der Waals surface area contributed by atoms with Crippen molar-refractivity contribution in [3.8, 4) is 11.1 Å². The number of carbonyl (C=O) groups excluding carboxylic acids is 2. The molecule has 0 heterocycles. The smallest absolute Gasteiger partial charge is 0.407 e. The van der Waals surface area contributed by atoms with Crippen molar-refractivity contribution in [2.45, 2.75) is 83.6 Å². The number of unbranched alkanes of at least 4 members (excludes halogenated alkanes) is 6. The SMILES string of the molecule is CCCCCCCCNC(=O)[C@H](CCCC)NC(=O)OCC1c2ccccc2-c2ccccc21. The molecule has 0 unspecified atom stereocenters. The van der Waals surface area contributed by atoms with Crippen molar-refractivity contribution in [3.63, 3.8) is 0 Å². The van der Waals surface area contributed by atoms with E-state index in [1.165, 1.54) is 47.9 Å². The van der Waals surface area contributed by atoms with Crippen molar-refractivity contribution in [3.05, 3.63) is 59.7 Å². The Kier molecular flexibility index (Phi) is 10.5. The van der Waals surface area contributed by atoms with E-state index in [2.05, 4.69) is 48.7 Å². The lowest BCUT2D eigenvalue weighted by Crippen LogP contribution is -2.47. The molecule has 0 saturated heterocycles. The third-order valence-electron chi connectivity index (χ3n) is 6.63. The highest BCUT2D eigenvalue weighted by Gasteiger charge is 2.29. The molecule has 2 amide bonds. The summed E-state index contributed by atoms with van der Waals surface area (Å²) < 4.78 is 5.65. The molecule has 0 fully saturated rings. The summed E-state index contributed by atoms with van der Waals surface area (Å²) in [6.07, 6.45) is 8.99. The fourth-order valence-corrected chi connectivity index (χ4v) is 4.70. The summed E-state index contributed by atoms with van der Waals surface area (Å²) in [5.41, 5.74) is 4.75. The number of hydrogen-bond donors (Lipinski definition) is 2. The molecule has 34 heavy (non-hydrogen) atoms. The Morgan fingerprint density at radius 2 is 1.41 bits per heavy atom. The fraction of sp³-hybridized carbons (Fsp3) is 0.517. The number of ether oxygens (including phenoxy) is 1. The van der Waals surface area contributed by atoms with E-state index < -0.39 is 12.1 Å². The van der Waals surface area contributed by atoms with Crippen molar-refractivity contribution >= 4 is 12.0 Å². The van der Waals surface area contributed by atoms with E-state index in [1.54, 1.807) is 0 Å². The molecule has 1 aliphatic rings. The van der Waals surface area contributed by atoms with E-state index in [0.29, 0.717) is 13.0 Å². The van der Waals surface area contributed by atoms with E-state index in [1.807, 2.05) is 24.3 Å². The lowest BCUT2D eigenvalue weighted by molar-refractivity contribution is -0.123. The number of rotatable bonds is 14. The van der Waals surface area contributed by atoms with Crippen molar-refractivity contribution in [2.75, 3.05) is 13.2 Å². The maximum atomic E-state index is 12.7. The maximum Gasteiger partial charge on any atom is 0.407 e. The molecule has 2 aromatic rings. The highest BCUT2D eigenvalue weighted by molar-refractivity contribution is 5.85. The topological polar surface area (TPSA) is 67.4 Å². The Balaban J connectivity index is 1.50. The van der Waals surface area contributed by atoms with Gasteiger partial charge in [0.15, 0.2) is 0 Å². The molecule has 2 N–H and O–H groups in total. The summed E-state index contributed by atoms with van der Waals surface area (Å²) in [5.74, 6) is -0.107. The van der Waals surface area contributed by atoms with Crippen LogP contribution >= 0.6 is 0 Å². The monoisotopic (exact) mass is 464 g/mol. The quantitative estimate of drug-likeness (QED) is 0.311. The van der Waals surface area contributed by atoms with Crippen LogP contribution in [0.3, 0.4) is 0 Å². The molecule has 184 valence electrons. The predicted molar refractivity (Wildman–Crippen MR) is 138 cm³/mol. The van der Waals surface area contributed by atoms with Crippen LogP contribution in [0.15, 0.2) is 48.5 Å². The second-order valence-corrected chi connectivity index (χ2v) is 9.22. The number of nitrogens with one attached hydrogen (secondary N) is 2. The van der Waals surface area contributed by atoms with Gasteiger partial charge < -0.3 is 15.4 Å². The van der Waals surface area contributed by atoms with Crippen LogP contribution in [0.5, 0.6) is 0 Å². The van der Waals surface area contributed by atoms with Crippen LogP contribution in [0.1, 0.15) is 88.7 Å². The van der Waals surface area contributed by atoms with Gasteiger partial charge in [0.1, 0.15) is 12.6 Å². The van der Waals surface area contributed by atoms with Crippen LogP contribution in [0.2, 0.25) is 0 Å². The molecule has 0 saturated carbocycles. The minimum absolute atomic E-state index is 0.00813. The summed E-state index contributed by atoms with van der Waals surface area (Å²) in [6, 6.07) is 16.0. The zero-order valence-electron chi connectivity index (χ0n) is 20.8. The lowest BCUT2D eigenvalue weighted by atomic mass is 9.98. The molecule has 5 nitrogen and oxygen atoms in total. The molecular weight excluding hydrogens is 424 g/mol. The van der Waals surface area contributed by atoms with E-state index in [4.69, 9.17) is 4.74 Å². The fourth-order valence-electron chi connectivity index (χ4n) is 4.70. The Hall–Kier alpha value is -2.82. The van der Waals surface area contributed by atoms with E-state index in [0.717, 1.165) is 25.7 Å². The first-order chi connectivity index (χ1) is 16.7. The largest absolute Gasteiger partial charge is 0.449 e. The van der Waals surface area contributed by atoms with Gasteiger partial charge in [-0.25, -0.2) is 4.79 Å². The van der Waals surface area contributed by atoms with Crippen molar-refractivity contribution in [1.82, 2.24) is 10.6 Å². The minimum atomic E-state index is -0.560. The van der Waals surface area contributed by atoms with Crippen LogP contribution in [0.4, 0.5) is 4.79 Å². The van der Waals surface area contributed by atoms with Gasteiger partial charge in [-0.1, -0.05) is 107 Å². The molecule has 1 aliphatic carbocycles. The number of amides is 2. The molecule has 0 radical (unpaired) electrons. The molecule has 0 bridgehead atoms. The Bertz CT molecular complexity index is 882. The van der Waals surface area contributed by atoms with E-state index in [-0.39, 0.29) is 18.4 Å². The molecule has 0 spiro atoms. The van der Waals surface area contributed by atoms with Gasteiger partial charge in [-0.05, 0) is 35.1 Å². The first-order valence-corrected chi connectivity index (χ1v) is 13.0. The van der Waals surface area contributed by atoms with E-state index >= 15 is 0 Å². The van der Waals surface area contributed by atoms with Crippen LogP contribution in [0, 0.1) is 0 Å². The first-order valence-electron chi connectivity index (χ1n) is 13.0. The van der Waals surface area contributed by atoms with Crippen molar-refractivity contribution < 1.29 is 14.3 Å². The normalized spacial score (nSPS) is 13.1. The first kappa shape index (κ1) is 25.8. The highest BCUT2D eigenvalue weighted by atomic mass is 16.5. The number of fused-ring (bicyclic) bond motifs is 3. The second-order valence-electron chi connectivity index (χ2n) is 9.22. The highest BCUT2D eigenvalue weighted by Crippen LogP contribution is 2.44. The summed E-state index contributed by atoms with van der Waals surface area (Å²) in [6.45, 7) is 5.19. The molecule has 1 atom stereocenters. The Morgan fingerprint density at radius 1 is 0.824 bits per heavy atom. The molecule has 3 rings (SSSR count). The van der Waals surface area contributed by atoms with Gasteiger partial charge in [0.2, 0.25) is 5.91 Å². The summed E-state index contributed by atoms with van der Waals surface area (Å²) in [4.78, 5) is 25.4. The third kappa shape index (κ3) is 7.09. The molecule has 2 aromatic carbocycles. The number of benzene rings is 2. The molecule has 0 aliphatic heterocycles. The lowest BCUT2D eigenvalue weighted by Gasteiger charge is -2.19. The van der Waals surface area contributed by atoms with Gasteiger partial charge in [0.25, 0.3) is 0 Å². The van der Waals surface area contributed by atoms with Gasteiger partial charge in [0.05, 0.1) is 0 Å². The maximum absolute atomic E-state index is 12.7. The number of carbonyl (C=O) groups is 2. The van der Waals surface area contributed by atoms with Gasteiger partial charge in [0, 0.05) is 12.5 Å². The standard InChI is InChI=1S/C29H40N2O3/c1-3-5-7-8-9-14-20-30-28(32)27(19-6-4-2)31-29(33)34-21-26-24-17-12-10-15-22(24)23-16-11-13-18-25(23)26/h10-13,15-18,26-27H,3-9,14,19-21H2,1-2H3,(H,30,32)(H,31,33)/t27-/m0/s1. The summed E-state index contributed by atoms with van der Waals surface area (Å²) in [7, 11) is 0. The van der Waals surface area contributed by atoms with Crippen molar-refractivity contribution in [1.29, 1.82) is 0 Å². The van der Waals surface area contributed by atoms with Gasteiger partial charge in [-0.2, -0.15) is 0 Å². The van der Waals surface area contributed by atoms with Crippen LogP contribution in [-0.4, -0.2) is 31.2 Å². The second kappa shape index (κ2) is 13.8. The zero-order chi connectivity index (χ0) is 24.2. The number of hydrogen-bond acceptors (Lipinski definition) is 3. The summed E-state index contributed by atoms with van der Waals surface area (Å²) >= 11 is 0. The van der Waals surface area contributed by atoms with E-state index in [9.17, 15) is 9.59 Å². The zero-order valence-corrected chi connectivity index (χ0v) is 20.8. The molecular formula is C29H40N2O3. The van der Waals surface area contributed by atoms with Crippen molar-refractivity contribution in [2.24, 2.45) is 0 Å². The minimum Gasteiger partial charge on any atom is -0.449 e. The number of alkyl carbamates (subject to hydrolysis) is 1. The van der Waals surface area contributed by atoms with Crippen LogP contribution in [0.25, 0.3) is 11.1 Å². The van der Waals surface area contributed by atoms with Gasteiger partial charge in [-0.3, -0.25) is 4.79 Å². The van der Waals surface area contributed by atoms with Crippen LogP contribution in [-0.2, 0) is 9.53 Å². The molecule has 0 aromatic heterocycles. The average molecular weight is 465 g/mol. The molecule has 5 heteroatoms.